The van der Waals surface area contributed by atoms with Crippen LogP contribution in [0.3, 0.4) is 0 Å². The lowest BCUT2D eigenvalue weighted by molar-refractivity contribution is -0.385. The van der Waals surface area contributed by atoms with Gasteiger partial charge in [-0.3, -0.25) is 10.1 Å². The summed E-state index contributed by atoms with van der Waals surface area (Å²) in [7, 11) is 0. The monoisotopic (exact) mass is 329 g/mol. The summed E-state index contributed by atoms with van der Waals surface area (Å²) in [4.78, 5) is 21.4. The van der Waals surface area contributed by atoms with E-state index in [1.54, 1.807) is 6.07 Å². The Morgan fingerprint density at radius 2 is 2.00 bits per heavy atom. The van der Waals surface area contributed by atoms with E-state index in [-0.39, 0.29) is 5.69 Å². The number of pyridine rings is 1. The zero-order valence-corrected chi connectivity index (χ0v) is 13.5. The van der Waals surface area contributed by atoms with Gasteiger partial charge in [0.15, 0.2) is 5.82 Å². The summed E-state index contributed by atoms with van der Waals surface area (Å²) >= 11 is 0. The number of hydrogen-bond acceptors (Lipinski definition) is 7. The molecule has 2 fully saturated rings. The fourth-order valence-corrected chi connectivity index (χ4v) is 3.24. The largest absolute Gasteiger partial charge is 0.356 e. The summed E-state index contributed by atoms with van der Waals surface area (Å²) in [6.45, 7) is 3.54. The first-order chi connectivity index (χ1) is 11.6. The van der Waals surface area contributed by atoms with Crippen molar-refractivity contribution in [2.45, 2.75) is 44.4 Å². The Hall–Kier alpha value is -2.51. The number of aromatic nitrogens is 3. The minimum absolute atomic E-state index is 0.0329. The van der Waals surface area contributed by atoms with E-state index in [0.29, 0.717) is 11.8 Å². The smallest absolute Gasteiger partial charge is 0.287 e. The van der Waals surface area contributed by atoms with Crippen molar-refractivity contribution in [3.63, 3.8) is 0 Å². The van der Waals surface area contributed by atoms with Crippen molar-refractivity contribution in [1.82, 2.24) is 15.1 Å². The fourth-order valence-electron chi connectivity index (χ4n) is 3.24. The molecule has 0 aromatic carbocycles. The Bertz CT molecular complexity index is 763. The van der Waals surface area contributed by atoms with Gasteiger partial charge in [-0.15, -0.1) is 0 Å². The lowest BCUT2D eigenvalue weighted by Crippen LogP contribution is -2.34. The molecule has 0 amide bonds. The van der Waals surface area contributed by atoms with E-state index in [2.05, 4.69) is 20.0 Å². The van der Waals surface area contributed by atoms with Crippen molar-refractivity contribution in [3.05, 3.63) is 39.7 Å². The molecule has 4 rings (SSSR count). The Balaban J connectivity index is 1.42. The highest BCUT2D eigenvalue weighted by atomic mass is 16.6. The van der Waals surface area contributed by atoms with Crippen molar-refractivity contribution in [2.75, 3.05) is 18.0 Å². The second kappa shape index (κ2) is 5.85. The molecule has 0 N–H and O–H groups in total. The molecule has 0 bridgehead atoms. The van der Waals surface area contributed by atoms with Gasteiger partial charge in [0.25, 0.3) is 5.69 Å². The standard InChI is InChI=1S/C16H19N5O3/c1-10-8-13(21(22)23)9-17-15(10)20-6-4-11(5-7-20)14-18-16(24-19-14)12-2-3-12/h8-9,11-12H,2-7H2,1H3. The molecule has 0 spiro atoms. The van der Waals surface area contributed by atoms with Crippen molar-refractivity contribution in [1.29, 1.82) is 0 Å². The number of hydrogen-bond donors (Lipinski definition) is 0. The Morgan fingerprint density at radius 3 is 2.62 bits per heavy atom. The molecule has 1 aliphatic heterocycles. The van der Waals surface area contributed by atoms with E-state index in [1.807, 2.05) is 6.92 Å². The molecule has 24 heavy (non-hydrogen) atoms. The SMILES string of the molecule is Cc1cc([N+](=O)[O-])cnc1N1CCC(c2noc(C3CC3)n2)CC1. The highest BCUT2D eigenvalue weighted by Crippen LogP contribution is 2.40. The zero-order valence-electron chi connectivity index (χ0n) is 13.5. The summed E-state index contributed by atoms with van der Waals surface area (Å²) in [6.07, 6.45) is 5.51. The maximum absolute atomic E-state index is 10.8. The van der Waals surface area contributed by atoms with Crippen LogP contribution in [0.2, 0.25) is 0 Å². The zero-order chi connectivity index (χ0) is 16.7. The maximum Gasteiger partial charge on any atom is 0.287 e. The number of nitro groups is 1. The minimum Gasteiger partial charge on any atom is -0.356 e. The van der Waals surface area contributed by atoms with E-state index < -0.39 is 4.92 Å². The molecule has 2 aromatic heterocycles. The number of nitrogens with zero attached hydrogens (tertiary/aromatic N) is 5. The van der Waals surface area contributed by atoms with Crippen molar-refractivity contribution in [2.24, 2.45) is 0 Å². The molecular formula is C16H19N5O3. The quantitative estimate of drug-likeness (QED) is 0.628. The van der Waals surface area contributed by atoms with Crippen molar-refractivity contribution in [3.8, 4) is 0 Å². The van der Waals surface area contributed by atoms with Crippen LogP contribution in [0.15, 0.2) is 16.8 Å². The van der Waals surface area contributed by atoms with Gasteiger partial charge in [-0.05, 0) is 38.2 Å². The third-order valence-electron chi connectivity index (χ3n) is 4.79. The highest BCUT2D eigenvalue weighted by molar-refractivity contribution is 5.50. The number of rotatable bonds is 4. The fraction of sp³-hybridized carbons (Fsp3) is 0.562. The normalized spacial score (nSPS) is 18.8. The molecule has 1 saturated heterocycles. The predicted octanol–water partition coefficient (Wildman–Crippen LogP) is 2.94. The van der Waals surface area contributed by atoms with Crippen LogP contribution >= 0.6 is 0 Å². The van der Waals surface area contributed by atoms with Gasteiger partial charge in [-0.25, -0.2) is 4.98 Å². The Morgan fingerprint density at radius 1 is 1.25 bits per heavy atom. The Kier molecular flexibility index (Phi) is 3.66. The van der Waals surface area contributed by atoms with Gasteiger partial charge >= 0.3 is 0 Å². The number of anilines is 1. The highest BCUT2D eigenvalue weighted by Gasteiger charge is 2.32. The van der Waals surface area contributed by atoms with Gasteiger partial charge in [-0.1, -0.05) is 5.16 Å². The van der Waals surface area contributed by atoms with Gasteiger partial charge in [0.2, 0.25) is 5.89 Å². The summed E-state index contributed by atoms with van der Waals surface area (Å²) in [5.41, 5.74) is 0.865. The average Bonchev–Trinajstić information content (AvgIpc) is 3.32. The topological polar surface area (TPSA) is 98.2 Å². The van der Waals surface area contributed by atoms with Gasteiger partial charge in [0.1, 0.15) is 12.0 Å². The van der Waals surface area contributed by atoms with E-state index in [1.165, 1.54) is 6.20 Å². The van der Waals surface area contributed by atoms with Crippen LogP contribution in [0.25, 0.3) is 0 Å². The molecule has 8 nitrogen and oxygen atoms in total. The number of piperidine rings is 1. The van der Waals surface area contributed by atoms with E-state index in [9.17, 15) is 10.1 Å². The van der Waals surface area contributed by atoms with Gasteiger partial charge in [-0.2, -0.15) is 4.98 Å². The molecule has 0 unspecified atom stereocenters. The first-order valence-corrected chi connectivity index (χ1v) is 8.31. The predicted molar refractivity (Wildman–Crippen MR) is 86.1 cm³/mol. The van der Waals surface area contributed by atoms with Crippen molar-refractivity contribution >= 4 is 11.5 Å². The van der Waals surface area contributed by atoms with Gasteiger partial charge < -0.3 is 9.42 Å². The Labute approximate surface area is 139 Å². The minimum atomic E-state index is -0.413. The van der Waals surface area contributed by atoms with Crippen LogP contribution in [0, 0.1) is 17.0 Å². The molecule has 1 aliphatic carbocycles. The molecule has 126 valence electrons. The first-order valence-electron chi connectivity index (χ1n) is 8.31. The summed E-state index contributed by atoms with van der Waals surface area (Å²) < 4.78 is 5.36. The van der Waals surface area contributed by atoms with E-state index >= 15 is 0 Å². The first kappa shape index (κ1) is 15.0. The lowest BCUT2D eigenvalue weighted by atomic mass is 9.96. The molecule has 2 aliphatic rings. The van der Waals surface area contributed by atoms with Crippen molar-refractivity contribution < 1.29 is 9.45 Å². The summed E-state index contributed by atoms with van der Waals surface area (Å²) in [5.74, 6) is 3.24. The summed E-state index contributed by atoms with van der Waals surface area (Å²) in [6, 6.07) is 1.58. The van der Waals surface area contributed by atoms with Crippen LogP contribution in [0.5, 0.6) is 0 Å². The van der Waals surface area contributed by atoms with Crippen LogP contribution < -0.4 is 4.90 Å². The van der Waals surface area contributed by atoms with Crippen LogP contribution in [-0.4, -0.2) is 33.1 Å². The molecule has 1 saturated carbocycles. The molecule has 0 atom stereocenters. The number of aryl methyl sites for hydroxylation is 1. The van der Waals surface area contributed by atoms with Crippen LogP contribution in [0.1, 0.15) is 54.8 Å². The average molecular weight is 329 g/mol. The second-order valence-corrected chi connectivity index (χ2v) is 6.62. The van der Waals surface area contributed by atoms with Crippen LogP contribution in [0.4, 0.5) is 11.5 Å². The van der Waals surface area contributed by atoms with Gasteiger partial charge in [0, 0.05) is 31.0 Å². The molecule has 2 aromatic rings. The maximum atomic E-state index is 10.8. The van der Waals surface area contributed by atoms with E-state index in [4.69, 9.17) is 4.52 Å². The molecular weight excluding hydrogens is 310 g/mol. The molecule has 8 heteroatoms. The summed E-state index contributed by atoms with van der Waals surface area (Å²) in [5, 5.41) is 15.0. The third-order valence-corrected chi connectivity index (χ3v) is 4.79. The molecule has 0 radical (unpaired) electrons. The van der Waals surface area contributed by atoms with E-state index in [0.717, 1.165) is 61.9 Å². The van der Waals surface area contributed by atoms with Gasteiger partial charge in [0.05, 0.1) is 4.92 Å². The lowest BCUT2D eigenvalue weighted by Gasteiger charge is -2.32. The van der Waals surface area contributed by atoms with Crippen LogP contribution in [-0.2, 0) is 0 Å². The molecule has 3 heterocycles. The third kappa shape index (κ3) is 2.83. The second-order valence-electron chi connectivity index (χ2n) is 6.62.